The Balaban J connectivity index is 2.08. The highest BCUT2D eigenvalue weighted by Gasteiger charge is 2.44. The third kappa shape index (κ3) is 4.06. The van der Waals surface area contributed by atoms with Gasteiger partial charge in [0.15, 0.2) is 0 Å². The van der Waals surface area contributed by atoms with Crippen molar-refractivity contribution in [2.45, 2.75) is 32.4 Å². The highest BCUT2D eigenvalue weighted by Crippen LogP contribution is 2.36. The lowest BCUT2D eigenvalue weighted by Crippen LogP contribution is -2.60. The number of hydrogen-bond acceptors (Lipinski definition) is 4. The van der Waals surface area contributed by atoms with Crippen LogP contribution >= 0.6 is 0 Å². The number of anilines is 2. The molecule has 2 aromatic rings. The normalized spacial score (nSPS) is 17.5. The van der Waals surface area contributed by atoms with Crippen LogP contribution < -0.4 is 14.5 Å². The van der Waals surface area contributed by atoms with Crippen LogP contribution in [0.1, 0.15) is 32.4 Å². The number of nitrogens with zero attached hydrogens (tertiary/aromatic N) is 3. The van der Waals surface area contributed by atoms with Crippen molar-refractivity contribution >= 4 is 23.2 Å². The van der Waals surface area contributed by atoms with Gasteiger partial charge >= 0.3 is 0 Å². The van der Waals surface area contributed by atoms with E-state index in [4.69, 9.17) is 4.74 Å². The van der Waals surface area contributed by atoms with E-state index >= 15 is 0 Å². The predicted octanol–water partition coefficient (Wildman–Crippen LogP) is 3.48. The number of hydrogen-bond donors (Lipinski definition) is 0. The summed E-state index contributed by atoms with van der Waals surface area (Å²) in [6, 6.07) is 14.3. The zero-order chi connectivity index (χ0) is 21.3. The van der Waals surface area contributed by atoms with Gasteiger partial charge in [-0.05, 0) is 62.7 Å². The SMILES string of the molecule is COc1ccc(N2C(=O)CN(C(C)(C)C)C(=O)C2c2ccc(N(C)C)cc2)cc1. The zero-order valence-corrected chi connectivity index (χ0v) is 18.0. The lowest BCUT2D eigenvalue weighted by Gasteiger charge is -2.45. The van der Waals surface area contributed by atoms with Crippen LogP contribution in [0.2, 0.25) is 0 Å². The monoisotopic (exact) mass is 395 g/mol. The summed E-state index contributed by atoms with van der Waals surface area (Å²) in [5.74, 6) is 0.518. The van der Waals surface area contributed by atoms with Gasteiger partial charge in [-0.3, -0.25) is 14.5 Å². The van der Waals surface area contributed by atoms with Gasteiger partial charge in [0.25, 0.3) is 5.91 Å². The number of carbonyl (C=O) groups is 2. The molecule has 2 aromatic carbocycles. The van der Waals surface area contributed by atoms with E-state index in [1.54, 1.807) is 29.0 Å². The van der Waals surface area contributed by atoms with E-state index in [2.05, 4.69) is 0 Å². The molecule has 0 N–H and O–H groups in total. The van der Waals surface area contributed by atoms with E-state index in [0.717, 1.165) is 11.3 Å². The van der Waals surface area contributed by atoms with Crippen LogP contribution in [0.4, 0.5) is 11.4 Å². The van der Waals surface area contributed by atoms with Crippen molar-refractivity contribution in [1.82, 2.24) is 4.90 Å². The van der Waals surface area contributed by atoms with Crippen LogP contribution in [0.15, 0.2) is 48.5 Å². The van der Waals surface area contributed by atoms with E-state index in [1.807, 2.05) is 76.2 Å². The first-order valence-corrected chi connectivity index (χ1v) is 9.68. The molecule has 0 bridgehead atoms. The molecule has 1 unspecified atom stereocenters. The molecule has 6 nitrogen and oxygen atoms in total. The molecular formula is C23H29N3O3. The zero-order valence-electron chi connectivity index (χ0n) is 18.0. The average molecular weight is 396 g/mol. The van der Waals surface area contributed by atoms with Crippen molar-refractivity contribution in [2.75, 3.05) is 37.5 Å². The van der Waals surface area contributed by atoms with Crippen molar-refractivity contribution in [2.24, 2.45) is 0 Å². The fourth-order valence-corrected chi connectivity index (χ4v) is 3.54. The molecule has 1 heterocycles. The van der Waals surface area contributed by atoms with E-state index in [0.29, 0.717) is 11.4 Å². The molecule has 6 heteroatoms. The first-order chi connectivity index (χ1) is 13.6. The highest BCUT2D eigenvalue weighted by atomic mass is 16.5. The Morgan fingerprint density at radius 1 is 0.966 bits per heavy atom. The van der Waals surface area contributed by atoms with E-state index in [1.165, 1.54) is 0 Å². The molecule has 0 spiro atoms. The first-order valence-electron chi connectivity index (χ1n) is 9.68. The molecule has 2 amide bonds. The maximum absolute atomic E-state index is 13.5. The summed E-state index contributed by atoms with van der Waals surface area (Å²) in [5, 5.41) is 0. The summed E-state index contributed by atoms with van der Waals surface area (Å²) in [6.07, 6.45) is 0. The largest absolute Gasteiger partial charge is 0.497 e. The van der Waals surface area contributed by atoms with Crippen LogP contribution in [0, 0.1) is 0 Å². The maximum Gasteiger partial charge on any atom is 0.251 e. The summed E-state index contributed by atoms with van der Waals surface area (Å²) in [5.41, 5.74) is 2.06. The van der Waals surface area contributed by atoms with Crippen molar-refractivity contribution < 1.29 is 14.3 Å². The summed E-state index contributed by atoms with van der Waals surface area (Å²) in [4.78, 5) is 32.0. The maximum atomic E-state index is 13.5. The van der Waals surface area contributed by atoms with Crippen LogP contribution in [0.3, 0.4) is 0 Å². The van der Waals surface area contributed by atoms with Gasteiger partial charge in [0.05, 0.1) is 7.11 Å². The fourth-order valence-electron chi connectivity index (χ4n) is 3.54. The smallest absolute Gasteiger partial charge is 0.251 e. The molecule has 1 aliphatic rings. The van der Waals surface area contributed by atoms with Gasteiger partial charge in [-0.1, -0.05) is 12.1 Å². The third-order valence-corrected chi connectivity index (χ3v) is 5.21. The number of methoxy groups -OCH3 is 1. The Kier molecular flexibility index (Phi) is 5.55. The van der Waals surface area contributed by atoms with Crippen LogP contribution in [0.5, 0.6) is 5.75 Å². The van der Waals surface area contributed by atoms with Crippen LogP contribution in [-0.2, 0) is 9.59 Å². The van der Waals surface area contributed by atoms with Gasteiger partial charge in [-0.2, -0.15) is 0 Å². The molecule has 1 fully saturated rings. The molecular weight excluding hydrogens is 366 g/mol. The summed E-state index contributed by atoms with van der Waals surface area (Å²) < 4.78 is 5.23. The quantitative estimate of drug-likeness (QED) is 0.795. The minimum Gasteiger partial charge on any atom is -0.497 e. The molecule has 1 atom stereocenters. The lowest BCUT2D eigenvalue weighted by molar-refractivity contribution is -0.146. The van der Waals surface area contributed by atoms with Crippen molar-refractivity contribution in [3.8, 4) is 5.75 Å². The van der Waals surface area contributed by atoms with E-state index in [9.17, 15) is 9.59 Å². The Morgan fingerprint density at radius 3 is 2.03 bits per heavy atom. The molecule has 1 saturated heterocycles. The predicted molar refractivity (Wildman–Crippen MR) is 115 cm³/mol. The minimum absolute atomic E-state index is 0.0562. The second-order valence-corrected chi connectivity index (χ2v) is 8.45. The van der Waals surface area contributed by atoms with Crippen molar-refractivity contribution in [1.29, 1.82) is 0 Å². The van der Waals surface area contributed by atoms with E-state index < -0.39 is 11.6 Å². The Bertz CT molecular complexity index is 883. The molecule has 29 heavy (non-hydrogen) atoms. The van der Waals surface area contributed by atoms with Gasteiger partial charge in [0.2, 0.25) is 5.91 Å². The molecule has 0 saturated carbocycles. The van der Waals surface area contributed by atoms with Gasteiger partial charge in [-0.15, -0.1) is 0 Å². The first kappa shape index (κ1) is 20.7. The summed E-state index contributed by atoms with van der Waals surface area (Å²) in [7, 11) is 5.53. The second kappa shape index (κ2) is 7.78. The number of piperazine rings is 1. The van der Waals surface area contributed by atoms with Crippen LogP contribution in [-0.4, -0.2) is 50.0 Å². The number of ether oxygens (including phenoxy) is 1. The molecule has 0 aromatic heterocycles. The third-order valence-electron chi connectivity index (χ3n) is 5.21. The minimum atomic E-state index is -0.708. The highest BCUT2D eigenvalue weighted by molar-refractivity contribution is 6.07. The number of benzene rings is 2. The Labute approximate surface area is 172 Å². The molecule has 0 aliphatic carbocycles. The second-order valence-electron chi connectivity index (χ2n) is 8.45. The molecule has 1 aliphatic heterocycles. The Hall–Kier alpha value is -3.02. The standard InChI is InChI=1S/C23H29N3O3/c1-23(2,3)25-15-20(27)26(18-11-13-19(29-6)14-12-18)21(22(25)28)16-7-9-17(10-8-16)24(4)5/h7-14,21H,15H2,1-6H3. The molecule has 0 radical (unpaired) electrons. The molecule has 154 valence electrons. The number of rotatable bonds is 4. The number of amides is 2. The average Bonchev–Trinajstić information content (AvgIpc) is 2.68. The van der Waals surface area contributed by atoms with Gasteiger partial charge < -0.3 is 14.5 Å². The summed E-state index contributed by atoms with van der Waals surface area (Å²) in [6.45, 7) is 5.91. The molecule has 3 rings (SSSR count). The van der Waals surface area contributed by atoms with E-state index in [-0.39, 0.29) is 18.4 Å². The fraction of sp³-hybridized carbons (Fsp3) is 0.391. The Morgan fingerprint density at radius 2 is 1.55 bits per heavy atom. The number of carbonyl (C=O) groups excluding carboxylic acids is 2. The summed E-state index contributed by atoms with van der Waals surface area (Å²) >= 11 is 0. The lowest BCUT2D eigenvalue weighted by atomic mass is 9.95. The van der Waals surface area contributed by atoms with Gasteiger partial charge in [0.1, 0.15) is 18.3 Å². The van der Waals surface area contributed by atoms with Gasteiger partial charge in [-0.25, -0.2) is 0 Å². The van der Waals surface area contributed by atoms with Crippen LogP contribution in [0.25, 0.3) is 0 Å². The van der Waals surface area contributed by atoms with Crippen molar-refractivity contribution in [3.05, 3.63) is 54.1 Å². The van der Waals surface area contributed by atoms with Gasteiger partial charge in [0, 0.05) is 31.0 Å². The van der Waals surface area contributed by atoms with Crippen molar-refractivity contribution in [3.63, 3.8) is 0 Å². The topological polar surface area (TPSA) is 53.1 Å².